The van der Waals surface area contributed by atoms with E-state index in [0.717, 1.165) is 39.7 Å². The molecular formula is C14H6I2N2O. The molecular weight excluding hydrogens is 466 g/mol. The summed E-state index contributed by atoms with van der Waals surface area (Å²) in [6, 6.07) is 6.05. The van der Waals surface area contributed by atoms with Gasteiger partial charge in [0.2, 0.25) is 0 Å². The Morgan fingerprint density at radius 1 is 0.895 bits per heavy atom. The summed E-state index contributed by atoms with van der Waals surface area (Å²) in [5.41, 5.74) is 1.85. The summed E-state index contributed by atoms with van der Waals surface area (Å²) in [5.74, 6) is 0.287. The standard InChI is InChI=1S/C14H6I2N2O/c15-7-1-6-4-17-11-3-9(16)14(19)8-5-18-10(2-7)12(6)13(8)11/h1-5,19H. The summed E-state index contributed by atoms with van der Waals surface area (Å²) in [7, 11) is 0. The number of benzene rings is 2. The van der Waals surface area contributed by atoms with Gasteiger partial charge in [0.05, 0.1) is 14.6 Å². The van der Waals surface area contributed by atoms with Crippen LogP contribution in [0.25, 0.3) is 32.6 Å². The van der Waals surface area contributed by atoms with Gasteiger partial charge in [0.1, 0.15) is 5.75 Å². The molecule has 2 aromatic carbocycles. The first-order valence-electron chi connectivity index (χ1n) is 5.62. The van der Waals surface area contributed by atoms with E-state index < -0.39 is 0 Å². The van der Waals surface area contributed by atoms with Crippen molar-refractivity contribution in [2.75, 3.05) is 0 Å². The van der Waals surface area contributed by atoms with Crippen molar-refractivity contribution in [3.05, 3.63) is 37.7 Å². The van der Waals surface area contributed by atoms with Gasteiger partial charge in [0.15, 0.2) is 0 Å². The quantitative estimate of drug-likeness (QED) is 0.307. The molecule has 0 amide bonds. The predicted molar refractivity (Wildman–Crippen MR) is 92.8 cm³/mol. The van der Waals surface area contributed by atoms with Crippen molar-refractivity contribution in [2.45, 2.75) is 0 Å². The molecule has 5 heteroatoms. The van der Waals surface area contributed by atoms with Crippen molar-refractivity contribution in [3.63, 3.8) is 0 Å². The first kappa shape index (κ1) is 11.8. The van der Waals surface area contributed by atoms with E-state index in [4.69, 9.17) is 0 Å². The molecule has 0 aliphatic carbocycles. The zero-order valence-corrected chi connectivity index (χ0v) is 13.8. The smallest absolute Gasteiger partial charge is 0.138 e. The molecule has 0 spiro atoms. The highest BCUT2D eigenvalue weighted by molar-refractivity contribution is 14.1. The largest absolute Gasteiger partial charge is 0.506 e. The van der Waals surface area contributed by atoms with E-state index in [1.807, 2.05) is 12.3 Å². The topological polar surface area (TPSA) is 46.0 Å². The highest BCUT2D eigenvalue weighted by Gasteiger charge is 2.15. The Hall–Kier alpha value is -0.960. The van der Waals surface area contributed by atoms with Crippen LogP contribution in [0.5, 0.6) is 5.75 Å². The van der Waals surface area contributed by atoms with Crippen LogP contribution in [0.2, 0.25) is 0 Å². The summed E-state index contributed by atoms with van der Waals surface area (Å²) in [6.07, 6.45) is 3.61. The van der Waals surface area contributed by atoms with Gasteiger partial charge in [0.25, 0.3) is 0 Å². The summed E-state index contributed by atoms with van der Waals surface area (Å²) >= 11 is 4.40. The molecule has 0 saturated heterocycles. The van der Waals surface area contributed by atoms with Crippen LogP contribution < -0.4 is 0 Å². The molecule has 92 valence electrons. The van der Waals surface area contributed by atoms with Crippen molar-refractivity contribution in [1.82, 2.24) is 9.97 Å². The van der Waals surface area contributed by atoms with Crippen molar-refractivity contribution >= 4 is 77.8 Å². The molecule has 0 unspecified atom stereocenters. The maximum absolute atomic E-state index is 10.2. The minimum Gasteiger partial charge on any atom is -0.506 e. The SMILES string of the molecule is Oc1c(I)cc2ncc3cc(I)cc4ncc1c2c34. The minimum atomic E-state index is 0.287. The summed E-state index contributed by atoms with van der Waals surface area (Å²) in [6.45, 7) is 0. The number of pyridine rings is 2. The minimum absolute atomic E-state index is 0.287. The summed E-state index contributed by atoms with van der Waals surface area (Å²) < 4.78 is 1.93. The maximum atomic E-state index is 10.2. The van der Waals surface area contributed by atoms with Crippen LogP contribution in [-0.2, 0) is 0 Å². The van der Waals surface area contributed by atoms with Gasteiger partial charge in [-0.15, -0.1) is 0 Å². The van der Waals surface area contributed by atoms with Crippen LogP contribution in [0.15, 0.2) is 30.6 Å². The van der Waals surface area contributed by atoms with E-state index in [1.165, 1.54) is 0 Å². The molecule has 0 fully saturated rings. The van der Waals surface area contributed by atoms with Crippen molar-refractivity contribution in [2.24, 2.45) is 0 Å². The van der Waals surface area contributed by atoms with Gasteiger partial charge >= 0.3 is 0 Å². The molecule has 2 heterocycles. The number of phenolic OH excluding ortho intramolecular Hbond substituents is 1. The highest BCUT2D eigenvalue weighted by Crippen LogP contribution is 2.38. The summed E-state index contributed by atoms with van der Waals surface area (Å²) in [5, 5.41) is 14.1. The lowest BCUT2D eigenvalue weighted by atomic mass is 10.0. The van der Waals surface area contributed by atoms with Gasteiger partial charge in [0, 0.05) is 37.5 Å². The van der Waals surface area contributed by atoms with Crippen LogP contribution in [0.1, 0.15) is 0 Å². The van der Waals surface area contributed by atoms with Crippen molar-refractivity contribution in [1.29, 1.82) is 0 Å². The molecule has 0 saturated carbocycles. The molecule has 3 nitrogen and oxygen atoms in total. The van der Waals surface area contributed by atoms with E-state index in [9.17, 15) is 5.11 Å². The first-order valence-corrected chi connectivity index (χ1v) is 7.78. The Morgan fingerprint density at radius 2 is 1.63 bits per heavy atom. The van der Waals surface area contributed by atoms with E-state index in [-0.39, 0.29) is 5.75 Å². The third kappa shape index (κ3) is 1.60. The molecule has 2 aromatic heterocycles. The fourth-order valence-electron chi connectivity index (χ4n) is 2.50. The Labute approximate surface area is 135 Å². The van der Waals surface area contributed by atoms with E-state index >= 15 is 0 Å². The van der Waals surface area contributed by atoms with Crippen molar-refractivity contribution in [3.8, 4) is 5.75 Å². The van der Waals surface area contributed by atoms with Gasteiger partial charge in [-0.3, -0.25) is 9.97 Å². The lowest BCUT2D eigenvalue weighted by Gasteiger charge is -2.11. The zero-order valence-electron chi connectivity index (χ0n) is 9.48. The number of hydrogen-bond donors (Lipinski definition) is 1. The fourth-order valence-corrected chi connectivity index (χ4v) is 3.71. The van der Waals surface area contributed by atoms with Crippen LogP contribution in [-0.4, -0.2) is 15.1 Å². The van der Waals surface area contributed by atoms with Gasteiger partial charge in [-0.25, -0.2) is 0 Å². The lowest BCUT2D eigenvalue weighted by molar-refractivity contribution is 0.478. The Kier molecular flexibility index (Phi) is 2.50. The van der Waals surface area contributed by atoms with E-state index in [1.54, 1.807) is 6.20 Å². The highest BCUT2D eigenvalue weighted by atomic mass is 127. The van der Waals surface area contributed by atoms with E-state index in [2.05, 4.69) is 67.3 Å². The first-order chi connectivity index (χ1) is 9.15. The van der Waals surface area contributed by atoms with E-state index in [0.29, 0.717) is 0 Å². The monoisotopic (exact) mass is 472 g/mol. The molecule has 0 atom stereocenters. The maximum Gasteiger partial charge on any atom is 0.138 e. The van der Waals surface area contributed by atoms with Crippen LogP contribution in [0.3, 0.4) is 0 Å². The third-order valence-electron chi connectivity index (χ3n) is 3.31. The van der Waals surface area contributed by atoms with Gasteiger partial charge in [-0.2, -0.15) is 0 Å². The number of rotatable bonds is 0. The molecule has 0 radical (unpaired) electrons. The normalized spacial score (nSPS) is 11.9. The second-order valence-corrected chi connectivity index (χ2v) is 6.83. The average Bonchev–Trinajstić information content (AvgIpc) is 2.39. The number of hydrogen-bond acceptors (Lipinski definition) is 3. The lowest BCUT2D eigenvalue weighted by Crippen LogP contribution is -1.91. The van der Waals surface area contributed by atoms with Crippen LogP contribution >= 0.6 is 45.2 Å². The Morgan fingerprint density at radius 3 is 2.47 bits per heavy atom. The van der Waals surface area contributed by atoms with Gasteiger partial charge < -0.3 is 5.11 Å². The average molecular weight is 472 g/mol. The molecule has 19 heavy (non-hydrogen) atoms. The molecule has 0 bridgehead atoms. The summed E-state index contributed by atoms with van der Waals surface area (Å²) in [4.78, 5) is 8.99. The molecule has 4 rings (SSSR count). The molecule has 0 aliphatic heterocycles. The van der Waals surface area contributed by atoms with Crippen LogP contribution in [0.4, 0.5) is 0 Å². The Balaban J connectivity index is 2.41. The Bertz CT molecular complexity index is 934. The number of aromatic nitrogens is 2. The number of aromatic hydroxyl groups is 1. The van der Waals surface area contributed by atoms with Crippen LogP contribution in [0, 0.1) is 7.14 Å². The molecule has 1 N–H and O–H groups in total. The fraction of sp³-hybridized carbons (Fsp3) is 0. The predicted octanol–water partition coefficient (Wildman–Crippen LogP) is 4.29. The van der Waals surface area contributed by atoms with Gasteiger partial charge in [-0.1, -0.05) is 0 Å². The van der Waals surface area contributed by atoms with Gasteiger partial charge in [-0.05, 0) is 63.4 Å². The second-order valence-electron chi connectivity index (χ2n) is 4.42. The molecule has 4 aromatic rings. The molecule has 0 aliphatic rings. The zero-order chi connectivity index (χ0) is 13.1. The second kappa shape index (κ2) is 4.02. The number of halogens is 2. The number of phenols is 1. The van der Waals surface area contributed by atoms with Crippen molar-refractivity contribution < 1.29 is 5.11 Å². The third-order valence-corrected chi connectivity index (χ3v) is 4.75. The number of nitrogens with zero attached hydrogens (tertiary/aromatic N) is 2.